The molecule has 10 heteroatoms. The van der Waals surface area contributed by atoms with E-state index in [1.54, 1.807) is 29.8 Å². The molecule has 0 unspecified atom stereocenters. The van der Waals surface area contributed by atoms with Crippen LogP contribution in [0.1, 0.15) is 11.4 Å². The molecule has 0 saturated carbocycles. The highest BCUT2D eigenvalue weighted by Gasteiger charge is 2.15. The van der Waals surface area contributed by atoms with Crippen LogP contribution in [0.15, 0.2) is 47.6 Å². The largest absolute Gasteiger partial charge is 0.326 e. The van der Waals surface area contributed by atoms with Gasteiger partial charge in [-0.1, -0.05) is 52.7 Å². The van der Waals surface area contributed by atoms with Gasteiger partial charge in [-0.05, 0) is 37.3 Å². The number of benzene rings is 2. The van der Waals surface area contributed by atoms with Crippen LogP contribution in [0.2, 0.25) is 10.0 Å². The smallest absolute Gasteiger partial charge is 0.234 e. The quantitative estimate of drug-likeness (QED) is 0.508. The zero-order valence-electron chi connectivity index (χ0n) is 16.3. The molecule has 0 aliphatic heterocycles. The summed E-state index contributed by atoms with van der Waals surface area (Å²) < 4.78 is 1.70. The Labute approximate surface area is 188 Å². The summed E-state index contributed by atoms with van der Waals surface area (Å²) in [5, 5.41) is 15.1. The number of carbonyl (C=O) groups is 2. The lowest BCUT2D eigenvalue weighted by Crippen LogP contribution is -2.17. The van der Waals surface area contributed by atoms with Gasteiger partial charge in [0, 0.05) is 17.8 Å². The number of hydrogen-bond acceptors (Lipinski definition) is 5. The SMILES string of the molecule is Cc1ccc(NC(=O)Cc2nnc(SCC(=O)Nc3ccc(Cl)cc3Cl)n2C)cc1. The van der Waals surface area contributed by atoms with Gasteiger partial charge in [-0.15, -0.1) is 10.2 Å². The molecule has 0 fully saturated rings. The zero-order valence-corrected chi connectivity index (χ0v) is 18.6. The van der Waals surface area contributed by atoms with Crippen molar-refractivity contribution in [3.63, 3.8) is 0 Å². The average Bonchev–Trinajstić information content (AvgIpc) is 3.04. The molecule has 0 aliphatic rings. The van der Waals surface area contributed by atoms with Crippen LogP contribution in [-0.4, -0.2) is 32.3 Å². The Kier molecular flexibility index (Phi) is 7.36. The van der Waals surface area contributed by atoms with E-state index in [0.717, 1.165) is 11.3 Å². The van der Waals surface area contributed by atoms with Gasteiger partial charge in [0.1, 0.15) is 5.82 Å². The summed E-state index contributed by atoms with van der Waals surface area (Å²) in [5.74, 6) is 0.177. The van der Waals surface area contributed by atoms with Crippen molar-refractivity contribution in [2.75, 3.05) is 16.4 Å². The van der Waals surface area contributed by atoms with Crippen LogP contribution in [0.3, 0.4) is 0 Å². The molecule has 1 aromatic heterocycles. The standard InChI is InChI=1S/C20H19Cl2N5O2S/c1-12-3-6-14(7-4-12)23-18(28)10-17-25-26-20(27(17)2)30-11-19(29)24-16-8-5-13(21)9-15(16)22/h3-9H,10-11H2,1-2H3,(H,23,28)(H,24,29). The highest BCUT2D eigenvalue weighted by Crippen LogP contribution is 2.26. The van der Waals surface area contributed by atoms with Crippen molar-refractivity contribution in [1.82, 2.24) is 14.8 Å². The van der Waals surface area contributed by atoms with Gasteiger partial charge in [-0.25, -0.2) is 0 Å². The summed E-state index contributed by atoms with van der Waals surface area (Å²) in [6.45, 7) is 1.98. The van der Waals surface area contributed by atoms with Crippen LogP contribution < -0.4 is 10.6 Å². The number of anilines is 2. The van der Waals surface area contributed by atoms with E-state index in [-0.39, 0.29) is 24.0 Å². The van der Waals surface area contributed by atoms with Gasteiger partial charge >= 0.3 is 0 Å². The number of halogens is 2. The normalized spacial score (nSPS) is 10.7. The number of aryl methyl sites for hydroxylation is 1. The first kappa shape index (κ1) is 22.1. The van der Waals surface area contributed by atoms with E-state index in [4.69, 9.17) is 23.2 Å². The first-order valence-corrected chi connectivity index (χ1v) is 10.7. The third-order valence-electron chi connectivity index (χ3n) is 4.12. The van der Waals surface area contributed by atoms with Gasteiger partial charge in [0.15, 0.2) is 5.16 Å². The molecule has 156 valence electrons. The number of amides is 2. The Hall–Kier alpha value is -2.55. The molecule has 2 aromatic carbocycles. The summed E-state index contributed by atoms with van der Waals surface area (Å²) in [6, 6.07) is 12.4. The average molecular weight is 464 g/mol. The Morgan fingerprint density at radius 3 is 2.47 bits per heavy atom. The summed E-state index contributed by atoms with van der Waals surface area (Å²) in [7, 11) is 1.75. The highest BCUT2D eigenvalue weighted by atomic mass is 35.5. The lowest BCUT2D eigenvalue weighted by atomic mass is 10.2. The first-order chi connectivity index (χ1) is 14.3. The molecule has 0 aliphatic carbocycles. The summed E-state index contributed by atoms with van der Waals surface area (Å²) in [6.07, 6.45) is 0.0739. The molecular weight excluding hydrogens is 445 g/mol. The number of nitrogens with zero attached hydrogens (tertiary/aromatic N) is 3. The van der Waals surface area contributed by atoms with Gasteiger partial charge in [0.2, 0.25) is 11.8 Å². The second-order valence-electron chi connectivity index (χ2n) is 6.51. The van der Waals surface area contributed by atoms with Crippen LogP contribution in [0.25, 0.3) is 0 Å². The predicted molar refractivity (Wildman–Crippen MR) is 120 cm³/mol. The van der Waals surface area contributed by atoms with Crippen molar-refractivity contribution >= 4 is 58.2 Å². The molecule has 7 nitrogen and oxygen atoms in total. The maximum atomic E-state index is 12.3. The fourth-order valence-corrected chi connectivity index (χ4v) is 3.70. The van der Waals surface area contributed by atoms with E-state index < -0.39 is 0 Å². The maximum absolute atomic E-state index is 12.3. The molecule has 30 heavy (non-hydrogen) atoms. The van der Waals surface area contributed by atoms with Crippen molar-refractivity contribution < 1.29 is 9.59 Å². The molecule has 2 N–H and O–H groups in total. The molecule has 1 heterocycles. The van der Waals surface area contributed by atoms with E-state index in [1.807, 2.05) is 31.2 Å². The number of thioether (sulfide) groups is 1. The summed E-state index contributed by atoms with van der Waals surface area (Å²) in [5.41, 5.74) is 2.32. The molecule has 2 amide bonds. The van der Waals surface area contributed by atoms with Crippen LogP contribution >= 0.6 is 35.0 Å². The van der Waals surface area contributed by atoms with Gasteiger partial charge in [0.25, 0.3) is 0 Å². The van der Waals surface area contributed by atoms with Gasteiger partial charge in [0.05, 0.1) is 22.9 Å². The summed E-state index contributed by atoms with van der Waals surface area (Å²) >= 11 is 13.1. The van der Waals surface area contributed by atoms with Crippen molar-refractivity contribution in [3.05, 3.63) is 63.9 Å². The van der Waals surface area contributed by atoms with Crippen LogP contribution in [-0.2, 0) is 23.1 Å². The third-order valence-corrected chi connectivity index (χ3v) is 5.68. The lowest BCUT2D eigenvalue weighted by Gasteiger charge is -2.08. The minimum absolute atomic E-state index is 0.0739. The Bertz CT molecular complexity index is 1070. The van der Waals surface area contributed by atoms with E-state index in [0.29, 0.717) is 26.7 Å². The van der Waals surface area contributed by atoms with Crippen molar-refractivity contribution in [2.45, 2.75) is 18.5 Å². The van der Waals surface area contributed by atoms with E-state index in [1.165, 1.54) is 11.8 Å². The molecule has 0 atom stereocenters. The number of hydrogen-bond donors (Lipinski definition) is 2. The Morgan fingerprint density at radius 2 is 1.77 bits per heavy atom. The minimum Gasteiger partial charge on any atom is -0.326 e. The third kappa shape index (κ3) is 5.98. The van der Waals surface area contributed by atoms with Crippen molar-refractivity contribution in [2.24, 2.45) is 7.05 Å². The van der Waals surface area contributed by atoms with Crippen molar-refractivity contribution in [1.29, 1.82) is 0 Å². The van der Waals surface area contributed by atoms with E-state index in [9.17, 15) is 9.59 Å². The fraction of sp³-hybridized carbons (Fsp3) is 0.200. The fourth-order valence-electron chi connectivity index (χ4n) is 2.52. The number of carbonyl (C=O) groups excluding carboxylic acids is 2. The first-order valence-electron chi connectivity index (χ1n) is 8.94. The monoisotopic (exact) mass is 463 g/mol. The minimum atomic E-state index is -0.245. The van der Waals surface area contributed by atoms with Gasteiger partial charge < -0.3 is 15.2 Å². The Morgan fingerprint density at radius 1 is 1.03 bits per heavy atom. The van der Waals surface area contributed by atoms with E-state index in [2.05, 4.69) is 20.8 Å². The Balaban J connectivity index is 1.53. The molecule has 0 spiro atoms. The molecule has 0 bridgehead atoms. The van der Waals surface area contributed by atoms with Crippen LogP contribution in [0, 0.1) is 6.92 Å². The highest BCUT2D eigenvalue weighted by molar-refractivity contribution is 7.99. The molecule has 3 rings (SSSR count). The molecule has 0 saturated heterocycles. The zero-order chi connectivity index (χ0) is 21.7. The van der Waals surface area contributed by atoms with Gasteiger partial charge in [-0.3, -0.25) is 9.59 Å². The van der Waals surface area contributed by atoms with Crippen molar-refractivity contribution in [3.8, 4) is 0 Å². The molecular formula is C20H19Cl2N5O2S. The van der Waals surface area contributed by atoms with E-state index >= 15 is 0 Å². The predicted octanol–water partition coefficient (Wildman–Crippen LogP) is 4.34. The lowest BCUT2D eigenvalue weighted by molar-refractivity contribution is -0.116. The van der Waals surface area contributed by atoms with Crippen LogP contribution in [0.5, 0.6) is 0 Å². The second-order valence-corrected chi connectivity index (χ2v) is 8.30. The molecule has 3 aromatic rings. The number of rotatable bonds is 7. The summed E-state index contributed by atoms with van der Waals surface area (Å²) in [4.78, 5) is 24.5. The molecule has 0 radical (unpaired) electrons. The topological polar surface area (TPSA) is 88.9 Å². The second kappa shape index (κ2) is 9.97. The maximum Gasteiger partial charge on any atom is 0.234 e. The number of aromatic nitrogens is 3. The van der Waals surface area contributed by atoms with Crippen LogP contribution in [0.4, 0.5) is 11.4 Å². The van der Waals surface area contributed by atoms with Gasteiger partial charge in [-0.2, -0.15) is 0 Å². The number of nitrogens with one attached hydrogen (secondary N) is 2.